The summed E-state index contributed by atoms with van der Waals surface area (Å²) in [5.41, 5.74) is 3.97. The van der Waals surface area contributed by atoms with E-state index in [0.29, 0.717) is 27.2 Å². The van der Waals surface area contributed by atoms with Gasteiger partial charge in [0, 0.05) is 21.5 Å². The van der Waals surface area contributed by atoms with Crippen LogP contribution in [0.3, 0.4) is 0 Å². The van der Waals surface area contributed by atoms with Gasteiger partial charge in [0.05, 0.1) is 17.2 Å². The second-order valence-electron chi connectivity index (χ2n) is 5.28. The first-order chi connectivity index (χ1) is 10.5. The van der Waals surface area contributed by atoms with Crippen molar-refractivity contribution in [3.63, 3.8) is 0 Å². The average Bonchev–Trinajstić information content (AvgIpc) is 2.47. The second kappa shape index (κ2) is 5.43. The third kappa shape index (κ3) is 2.44. The van der Waals surface area contributed by atoms with Crippen molar-refractivity contribution in [2.45, 2.75) is 13.8 Å². The molecule has 0 radical (unpaired) electrons. The molecule has 110 valence electrons. The van der Waals surface area contributed by atoms with Crippen LogP contribution in [0.25, 0.3) is 22.2 Å². The fourth-order valence-electron chi connectivity index (χ4n) is 2.59. The van der Waals surface area contributed by atoms with Gasteiger partial charge >= 0.3 is 0 Å². The molecule has 0 amide bonds. The van der Waals surface area contributed by atoms with E-state index in [1.165, 1.54) is 0 Å². The summed E-state index contributed by atoms with van der Waals surface area (Å²) in [4.78, 5) is 16.2. The normalized spacial score (nSPS) is 10.9. The first-order valence-corrected chi connectivity index (χ1v) is 7.23. The summed E-state index contributed by atoms with van der Waals surface area (Å²) in [5, 5.41) is 12.6. The van der Waals surface area contributed by atoms with E-state index < -0.39 is 5.97 Å². The van der Waals surface area contributed by atoms with E-state index in [-0.39, 0.29) is 5.56 Å². The van der Waals surface area contributed by atoms with Crippen LogP contribution in [0.2, 0.25) is 5.02 Å². The Morgan fingerprint density at radius 2 is 1.77 bits per heavy atom. The zero-order chi connectivity index (χ0) is 15.9. The van der Waals surface area contributed by atoms with Crippen molar-refractivity contribution in [2.24, 2.45) is 0 Å². The number of rotatable bonds is 2. The van der Waals surface area contributed by atoms with Crippen molar-refractivity contribution in [1.82, 2.24) is 4.98 Å². The fraction of sp³-hybridized carbons (Fsp3) is 0.111. The zero-order valence-electron chi connectivity index (χ0n) is 12.2. The minimum atomic E-state index is -1.22. The van der Waals surface area contributed by atoms with Crippen LogP contribution in [0.15, 0.2) is 42.5 Å². The second-order valence-corrected chi connectivity index (χ2v) is 5.71. The molecule has 0 aliphatic heterocycles. The van der Waals surface area contributed by atoms with Gasteiger partial charge in [-0.05, 0) is 37.6 Å². The van der Waals surface area contributed by atoms with E-state index in [1.807, 2.05) is 31.2 Å². The summed E-state index contributed by atoms with van der Waals surface area (Å²) in [5.74, 6) is -1.22. The summed E-state index contributed by atoms with van der Waals surface area (Å²) in [6, 6.07) is 12.9. The van der Waals surface area contributed by atoms with Gasteiger partial charge in [0.25, 0.3) is 0 Å². The molecule has 0 aliphatic rings. The van der Waals surface area contributed by atoms with Crippen LogP contribution in [-0.2, 0) is 0 Å². The highest BCUT2D eigenvalue weighted by Gasteiger charge is 2.14. The molecule has 0 spiro atoms. The predicted molar refractivity (Wildman–Crippen MR) is 86.0 cm³/mol. The molecule has 0 unspecified atom stereocenters. The molecule has 0 fully saturated rings. The number of pyridine rings is 1. The molecular formula is C18H13ClNO2-. The Hall–Kier alpha value is -2.39. The number of halogens is 1. The van der Waals surface area contributed by atoms with Gasteiger partial charge in [-0.2, -0.15) is 0 Å². The van der Waals surface area contributed by atoms with E-state index in [1.54, 1.807) is 25.1 Å². The van der Waals surface area contributed by atoms with Gasteiger partial charge in [-0.3, -0.25) is 0 Å². The van der Waals surface area contributed by atoms with Crippen LogP contribution in [0.4, 0.5) is 0 Å². The number of aromatic nitrogens is 1. The third-order valence-corrected chi connectivity index (χ3v) is 3.95. The largest absolute Gasteiger partial charge is 0.545 e. The van der Waals surface area contributed by atoms with Crippen molar-refractivity contribution >= 4 is 28.5 Å². The molecule has 0 atom stereocenters. The Morgan fingerprint density at radius 1 is 1.09 bits per heavy atom. The molecule has 2 aromatic carbocycles. The summed E-state index contributed by atoms with van der Waals surface area (Å²) in [6.45, 7) is 3.74. The molecule has 4 heteroatoms. The Kier molecular flexibility index (Phi) is 3.59. The number of hydrogen-bond donors (Lipinski definition) is 0. The summed E-state index contributed by atoms with van der Waals surface area (Å²) >= 11 is 5.98. The van der Waals surface area contributed by atoms with E-state index in [9.17, 15) is 9.90 Å². The van der Waals surface area contributed by atoms with Crippen molar-refractivity contribution in [3.8, 4) is 11.3 Å². The maximum absolute atomic E-state index is 11.6. The van der Waals surface area contributed by atoms with Gasteiger partial charge in [0.1, 0.15) is 0 Å². The number of carbonyl (C=O) groups is 1. The lowest BCUT2D eigenvalue weighted by atomic mass is 9.97. The monoisotopic (exact) mass is 310 g/mol. The Labute approximate surface area is 133 Å². The summed E-state index contributed by atoms with van der Waals surface area (Å²) in [6.07, 6.45) is 0. The number of carbonyl (C=O) groups excluding carboxylic acids is 1. The van der Waals surface area contributed by atoms with Crippen LogP contribution in [0.1, 0.15) is 21.5 Å². The van der Waals surface area contributed by atoms with Crippen LogP contribution in [-0.4, -0.2) is 11.0 Å². The average molecular weight is 311 g/mol. The lowest BCUT2D eigenvalue weighted by molar-refractivity contribution is -0.254. The minimum absolute atomic E-state index is 0.142. The molecule has 0 bridgehead atoms. The molecular weight excluding hydrogens is 298 g/mol. The smallest absolute Gasteiger partial charge is 0.0745 e. The molecule has 3 nitrogen and oxygen atoms in total. The van der Waals surface area contributed by atoms with Crippen molar-refractivity contribution in [1.29, 1.82) is 0 Å². The molecule has 0 saturated heterocycles. The van der Waals surface area contributed by atoms with Gasteiger partial charge in [0.2, 0.25) is 0 Å². The van der Waals surface area contributed by atoms with E-state index >= 15 is 0 Å². The summed E-state index contributed by atoms with van der Waals surface area (Å²) in [7, 11) is 0. The third-order valence-electron chi connectivity index (χ3n) is 3.72. The molecule has 22 heavy (non-hydrogen) atoms. The lowest BCUT2D eigenvalue weighted by Gasteiger charge is -2.15. The Morgan fingerprint density at radius 3 is 2.41 bits per heavy atom. The SMILES string of the molecule is Cc1ccc(-c2nc3ccc(Cl)cc3c(C(=O)[O-])c2C)cc1. The number of carboxylic acids is 1. The highest BCUT2D eigenvalue weighted by atomic mass is 35.5. The predicted octanol–water partition coefficient (Wildman–Crippen LogP) is 3.54. The molecule has 1 aromatic heterocycles. The summed E-state index contributed by atoms with van der Waals surface area (Å²) < 4.78 is 0. The molecule has 3 aromatic rings. The van der Waals surface area contributed by atoms with Gasteiger partial charge in [0.15, 0.2) is 0 Å². The van der Waals surface area contributed by atoms with Crippen LogP contribution >= 0.6 is 11.6 Å². The van der Waals surface area contributed by atoms with Gasteiger partial charge < -0.3 is 9.90 Å². The van der Waals surface area contributed by atoms with Gasteiger partial charge in [-0.25, -0.2) is 4.98 Å². The Balaban J connectivity index is 2.37. The van der Waals surface area contributed by atoms with E-state index in [4.69, 9.17) is 11.6 Å². The fourth-order valence-corrected chi connectivity index (χ4v) is 2.76. The standard InChI is InChI=1S/C18H14ClNO2/c1-10-3-5-12(6-4-10)17-11(2)16(18(21)22)14-9-13(19)7-8-15(14)20-17/h3-9H,1-2H3,(H,21,22)/p-1. The minimum Gasteiger partial charge on any atom is -0.545 e. The number of nitrogens with zero attached hydrogens (tertiary/aromatic N) is 1. The number of aryl methyl sites for hydroxylation is 1. The highest BCUT2D eigenvalue weighted by Crippen LogP contribution is 2.30. The molecule has 1 heterocycles. The van der Waals surface area contributed by atoms with Crippen molar-refractivity contribution < 1.29 is 9.90 Å². The number of aromatic carboxylic acids is 1. The number of benzene rings is 2. The van der Waals surface area contributed by atoms with E-state index in [0.717, 1.165) is 11.1 Å². The number of carboxylic acid groups (broad SMARTS) is 1. The van der Waals surface area contributed by atoms with Crippen LogP contribution in [0.5, 0.6) is 0 Å². The quantitative estimate of drug-likeness (QED) is 0.727. The first kappa shape index (κ1) is 14.5. The molecule has 3 rings (SSSR count). The molecule has 0 aliphatic carbocycles. The number of fused-ring (bicyclic) bond motifs is 1. The molecule has 0 saturated carbocycles. The highest BCUT2D eigenvalue weighted by molar-refractivity contribution is 6.31. The maximum atomic E-state index is 11.6. The maximum Gasteiger partial charge on any atom is 0.0745 e. The van der Waals surface area contributed by atoms with E-state index in [2.05, 4.69) is 4.98 Å². The lowest BCUT2D eigenvalue weighted by Crippen LogP contribution is -2.24. The van der Waals surface area contributed by atoms with Crippen LogP contribution < -0.4 is 5.11 Å². The van der Waals surface area contributed by atoms with Crippen molar-refractivity contribution in [3.05, 3.63) is 64.2 Å². The first-order valence-electron chi connectivity index (χ1n) is 6.85. The molecule has 0 N–H and O–H groups in total. The van der Waals surface area contributed by atoms with Crippen LogP contribution in [0, 0.1) is 13.8 Å². The zero-order valence-corrected chi connectivity index (χ0v) is 12.9. The number of hydrogen-bond acceptors (Lipinski definition) is 3. The van der Waals surface area contributed by atoms with Crippen molar-refractivity contribution in [2.75, 3.05) is 0 Å². The topological polar surface area (TPSA) is 53.0 Å². The Bertz CT molecular complexity index is 886. The van der Waals surface area contributed by atoms with Gasteiger partial charge in [-0.1, -0.05) is 41.4 Å². The van der Waals surface area contributed by atoms with Gasteiger partial charge in [-0.15, -0.1) is 0 Å².